The van der Waals surface area contributed by atoms with Crippen molar-refractivity contribution in [2.45, 2.75) is 40.2 Å². The highest BCUT2D eigenvalue weighted by atomic mass is 16.6. The van der Waals surface area contributed by atoms with Gasteiger partial charge < -0.3 is 19.5 Å². The number of ether oxygens (including phenoxy) is 3. The third kappa shape index (κ3) is 7.40. The lowest BCUT2D eigenvalue weighted by Gasteiger charge is -2.13. The molecule has 0 radical (unpaired) electrons. The van der Waals surface area contributed by atoms with Crippen LogP contribution in [-0.4, -0.2) is 37.7 Å². The van der Waals surface area contributed by atoms with Gasteiger partial charge in [0.2, 0.25) is 0 Å². The van der Waals surface area contributed by atoms with Crippen LogP contribution < -0.4 is 14.8 Å². The molecule has 0 heterocycles. The molecule has 0 spiro atoms. The van der Waals surface area contributed by atoms with E-state index in [2.05, 4.69) is 5.32 Å². The fraction of sp³-hybridized carbons (Fsp3) is 0.450. The fourth-order valence-electron chi connectivity index (χ4n) is 2.06. The normalized spacial score (nSPS) is 11.9. The Labute approximate surface area is 159 Å². The Hall–Kier alpha value is -3.01. The molecule has 1 aromatic carbocycles. The summed E-state index contributed by atoms with van der Waals surface area (Å²) in [5.41, 5.74) is 0.607. The highest BCUT2D eigenvalue weighted by molar-refractivity contribution is 6.01. The SMILES string of the molecule is CCOC(=O)COc1ccc(/C=C(\C#N)C(=O)N[C@H](C)CC)cc1OCC. The molecule has 7 nitrogen and oxygen atoms in total. The van der Waals surface area contributed by atoms with Crippen LogP contribution in [0.4, 0.5) is 0 Å². The highest BCUT2D eigenvalue weighted by Gasteiger charge is 2.13. The number of nitrogens with one attached hydrogen (secondary N) is 1. The first-order valence-electron chi connectivity index (χ1n) is 8.92. The maximum atomic E-state index is 12.2. The van der Waals surface area contributed by atoms with Crippen LogP contribution in [0.25, 0.3) is 6.08 Å². The average Bonchev–Trinajstić information content (AvgIpc) is 2.65. The van der Waals surface area contributed by atoms with Gasteiger partial charge in [0.15, 0.2) is 18.1 Å². The minimum Gasteiger partial charge on any atom is -0.490 e. The van der Waals surface area contributed by atoms with E-state index in [1.54, 1.807) is 25.1 Å². The zero-order valence-electron chi connectivity index (χ0n) is 16.2. The molecule has 27 heavy (non-hydrogen) atoms. The summed E-state index contributed by atoms with van der Waals surface area (Å²) in [5.74, 6) is -0.107. The van der Waals surface area contributed by atoms with Crippen LogP contribution in [0.1, 0.15) is 39.7 Å². The van der Waals surface area contributed by atoms with E-state index in [0.717, 1.165) is 6.42 Å². The third-order valence-electron chi connectivity index (χ3n) is 3.58. The molecule has 0 unspecified atom stereocenters. The summed E-state index contributed by atoms with van der Waals surface area (Å²) in [4.78, 5) is 23.6. The van der Waals surface area contributed by atoms with Crippen molar-refractivity contribution in [3.63, 3.8) is 0 Å². The van der Waals surface area contributed by atoms with Crippen molar-refractivity contribution in [1.82, 2.24) is 5.32 Å². The van der Waals surface area contributed by atoms with Crippen molar-refractivity contribution in [1.29, 1.82) is 5.26 Å². The number of carbonyl (C=O) groups excluding carboxylic acids is 2. The standard InChI is InChI=1S/C20H26N2O5/c1-5-14(4)22-20(24)16(12-21)10-15-8-9-17(18(11-15)25-6-2)27-13-19(23)26-7-3/h8-11,14H,5-7,13H2,1-4H3,(H,22,24)/b16-10+/t14-/m1/s1. The van der Waals surface area contributed by atoms with E-state index in [1.807, 2.05) is 26.8 Å². The second-order valence-electron chi connectivity index (χ2n) is 5.69. The Morgan fingerprint density at radius 3 is 2.52 bits per heavy atom. The molecule has 0 aliphatic carbocycles. The first-order chi connectivity index (χ1) is 12.9. The van der Waals surface area contributed by atoms with Gasteiger partial charge in [-0.15, -0.1) is 0 Å². The number of hydrogen-bond acceptors (Lipinski definition) is 6. The van der Waals surface area contributed by atoms with Crippen molar-refractivity contribution in [2.75, 3.05) is 19.8 Å². The maximum absolute atomic E-state index is 12.2. The lowest BCUT2D eigenvalue weighted by atomic mass is 10.1. The molecule has 0 aromatic heterocycles. The van der Waals surface area contributed by atoms with Crippen molar-refractivity contribution in [2.24, 2.45) is 0 Å². The molecule has 1 rings (SSSR count). The molecule has 7 heteroatoms. The van der Waals surface area contributed by atoms with E-state index >= 15 is 0 Å². The van der Waals surface area contributed by atoms with Crippen molar-refractivity contribution in [3.8, 4) is 17.6 Å². The van der Waals surface area contributed by atoms with E-state index < -0.39 is 11.9 Å². The quantitative estimate of drug-likeness (QED) is 0.384. The van der Waals surface area contributed by atoms with E-state index in [9.17, 15) is 14.9 Å². The number of esters is 1. The Morgan fingerprint density at radius 1 is 1.19 bits per heavy atom. The molecular weight excluding hydrogens is 348 g/mol. The number of nitrogens with zero attached hydrogens (tertiary/aromatic N) is 1. The molecule has 0 saturated heterocycles. The summed E-state index contributed by atoms with van der Waals surface area (Å²) < 4.78 is 15.8. The Morgan fingerprint density at radius 2 is 1.93 bits per heavy atom. The summed E-state index contributed by atoms with van der Waals surface area (Å²) in [6.45, 7) is 7.79. The van der Waals surface area contributed by atoms with Gasteiger partial charge in [-0.3, -0.25) is 4.79 Å². The van der Waals surface area contributed by atoms with Gasteiger partial charge in [0.05, 0.1) is 13.2 Å². The van der Waals surface area contributed by atoms with Gasteiger partial charge in [0, 0.05) is 6.04 Å². The van der Waals surface area contributed by atoms with E-state index in [-0.39, 0.29) is 24.8 Å². The molecular formula is C20H26N2O5. The number of benzene rings is 1. The number of hydrogen-bond donors (Lipinski definition) is 1. The zero-order chi connectivity index (χ0) is 20.2. The Balaban J connectivity index is 3.01. The molecule has 1 N–H and O–H groups in total. The molecule has 1 aromatic rings. The van der Waals surface area contributed by atoms with Gasteiger partial charge in [0.25, 0.3) is 5.91 Å². The summed E-state index contributed by atoms with van der Waals surface area (Å²) in [6, 6.07) is 6.85. The third-order valence-corrected chi connectivity index (χ3v) is 3.58. The molecule has 146 valence electrons. The van der Waals surface area contributed by atoms with Gasteiger partial charge in [-0.05, 0) is 51.0 Å². The van der Waals surface area contributed by atoms with E-state index in [0.29, 0.717) is 23.7 Å². The molecule has 1 amide bonds. The minimum atomic E-state index is -0.475. The van der Waals surface area contributed by atoms with Crippen molar-refractivity contribution >= 4 is 18.0 Å². The van der Waals surface area contributed by atoms with Crippen LogP contribution in [0.15, 0.2) is 23.8 Å². The van der Waals surface area contributed by atoms with Gasteiger partial charge in [-0.2, -0.15) is 5.26 Å². The number of amides is 1. The summed E-state index contributed by atoms with van der Waals surface area (Å²) in [6.07, 6.45) is 2.25. The van der Waals surface area contributed by atoms with E-state index in [4.69, 9.17) is 14.2 Å². The van der Waals surface area contributed by atoms with Crippen LogP contribution in [0.5, 0.6) is 11.5 Å². The van der Waals surface area contributed by atoms with Gasteiger partial charge in [-0.25, -0.2) is 4.79 Å². The second-order valence-corrected chi connectivity index (χ2v) is 5.69. The van der Waals surface area contributed by atoms with Gasteiger partial charge in [-0.1, -0.05) is 13.0 Å². The average molecular weight is 374 g/mol. The minimum absolute atomic E-state index is 0.00191. The monoisotopic (exact) mass is 374 g/mol. The molecule has 1 atom stereocenters. The van der Waals surface area contributed by atoms with Crippen molar-refractivity contribution < 1.29 is 23.8 Å². The molecule has 0 aliphatic heterocycles. The Bertz CT molecular complexity index is 722. The maximum Gasteiger partial charge on any atom is 0.344 e. The molecule has 0 bridgehead atoms. The Kier molecular flexibility index (Phi) is 9.45. The summed E-state index contributed by atoms with van der Waals surface area (Å²) in [7, 11) is 0. The topological polar surface area (TPSA) is 97.7 Å². The molecule has 0 saturated carbocycles. The summed E-state index contributed by atoms with van der Waals surface area (Å²) >= 11 is 0. The van der Waals surface area contributed by atoms with Gasteiger partial charge >= 0.3 is 5.97 Å². The molecule has 0 fully saturated rings. The number of nitriles is 1. The van der Waals surface area contributed by atoms with Gasteiger partial charge in [0.1, 0.15) is 11.6 Å². The fourth-order valence-corrected chi connectivity index (χ4v) is 2.06. The lowest BCUT2D eigenvalue weighted by Crippen LogP contribution is -2.32. The van der Waals surface area contributed by atoms with Crippen LogP contribution in [0, 0.1) is 11.3 Å². The second kappa shape index (κ2) is 11.6. The predicted octanol–water partition coefficient (Wildman–Crippen LogP) is 2.85. The first kappa shape index (κ1) is 22.0. The predicted molar refractivity (Wildman–Crippen MR) is 101 cm³/mol. The zero-order valence-corrected chi connectivity index (χ0v) is 16.2. The molecule has 0 aliphatic rings. The smallest absolute Gasteiger partial charge is 0.344 e. The van der Waals surface area contributed by atoms with Crippen LogP contribution in [-0.2, 0) is 14.3 Å². The van der Waals surface area contributed by atoms with Crippen LogP contribution in [0.2, 0.25) is 0 Å². The first-order valence-corrected chi connectivity index (χ1v) is 8.92. The highest BCUT2D eigenvalue weighted by Crippen LogP contribution is 2.29. The van der Waals surface area contributed by atoms with Crippen LogP contribution in [0.3, 0.4) is 0 Å². The van der Waals surface area contributed by atoms with E-state index in [1.165, 1.54) is 6.08 Å². The lowest BCUT2D eigenvalue weighted by molar-refractivity contribution is -0.145. The number of rotatable bonds is 10. The largest absolute Gasteiger partial charge is 0.490 e. The van der Waals surface area contributed by atoms with Crippen LogP contribution >= 0.6 is 0 Å². The summed E-state index contributed by atoms with van der Waals surface area (Å²) in [5, 5.41) is 12.0. The van der Waals surface area contributed by atoms with Crippen molar-refractivity contribution in [3.05, 3.63) is 29.3 Å². The number of carbonyl (C=O) groups is 2.